The van der Waals surface area contributed by atoms with Gasteiger partial charge in [-0.25, -0.2) is 4.39 Å². The lowest BCUT2D eigenvalue weighted by Gasteiger charge is -2.29. The third-order valence-electron chi connectivity index (χ3n) is 2.86. The Hall–Kier alpha value is -1.91. The second kappa shape index (κ2) is 4.53. The summed E-state index contributed by atoms with van der Waals surface area (Å²) in [7, 11) is 0. The molecule has 0 unspecified atom stereocenters. The van der Waals surface area contributed by atoms with Gasteiger partial charge in [0.15, 0.2) is 0 Å². The minimum atomic E-state index is -0.407. The summed E-state index contributed by atoms with van der Waals surface area (Å²) in [4.78, 5) is 13.3. The van der Waals surface area contributed by atoms with Gasteiger partial charge in [-0.15, -0.1) is 0 Å². The molecule has 1 aliphatic rings. The van der Waals surface area contributed by atoms with E-state index in [9.17, 15) is 9.18 Å². The zero-order valence-electron chi connectivity index (χ0n) is 9.48. The van der Waals surface area contributed by atoms with Crippen molar-refractivity contribution in [3.05, 3.63) is 29.6 Å². The number of carbonyl (C=O) groups is 1. The van der Waals surface area contributed by atoms with Crippen molar-refractivity contribution in [2.24, 2.45) is 5.16 Å². The van der Waals surface area contributed by atoms with E-state index in [0.29, 0.717) is 36.3 Å². The molecule has 0 saturated carbocycles. The van der Waals surface area contributed by atoms with Gasteiger partial charge in [0, 0.05) is 24.9 Å². The maximum Gasteiger partial charge on any atom is 0.226 e. The largest absolute Gasteiger partial charge is 0.411 e. The van der Waals surface area contributed by atoms with E-state index in [1.807, 2.05) is 0 Å². The highest BCUT2D eigenvalue weighted by atomic mass is 19.1. The van der Waals surface area contributed by atoms with Crippen LogP contribution in [0.1, 0.15) is 25.3 Å². The average molecular weight is 236 g/mol. The van der Waals surface area contributed by atoms with Gasteiger partial charge in [0.25, 0.3) is 0 Å². The van der Waals surface area contributed by atoms with Crippen molar-refractivity contribution in [3.63, 3.8) is 0 Å². The Morgan fingerprint density at radius 1 is 1.59 bits per heavy atom. The normalized spacial score (nSPS) is 17.1. The Kier molecular flexibility index (Phi) is 3.08. The molecule has 1 aromatic carbocycles. The van der Waals surface area contributed by atoms with Crippen LogP contribution in [0, 0.1) is 5.82 Å². The molecule has 0 aromatic heterocycles. The van der Waals surface area contributed by atoms with Crippen LogP contribution in [0.2, 0.25) is 0 Å². The van der Waals surface area contributed by atoms with E-state index in [0.717, 1.165) is 0 Å². The highest BCUT2D eigenvalue weighted by Gasteiger charge is 2.25. The number of oxime groups is 1. The first-order valence-electron chi connectivity index (χ1n) is 5.48. The molecular formula is C12H13FN2O2. The van der Waals surface area contributed by atoms with E-state index in [-0.39, 0.29) is 5.91 Å². The Labute approximate surface area is 98.3 Å². The van der Waals surface area contributed by atoms with Crippen molar-refractivity contribution in [2.45, 2.75) is 19.8 Å². The van der Waals surface area contributed by atoms with Crippen LogP contribution < -0.4 is 4.90 Å². The van der Waals surface area contributed by atoms with Crippen LogP contribution in [0.3, 0.4) is 0 Å². The van der Waals surface area contributed by atoms with Gasteiger partial charge >= 0.3 is 0 Å². The van der Waals surface area contributed by atoms with E-state index in [2.05, 4.69) is 5.16 Å². The molecule has 0 spiro atoms. The Morgan fingerprint density at radius 2 is 2.35 bits per heavy atom. The SMILES string of the molecule is CCC(=O)N1CCC(=NO)c2cc(F)ccc21. The minimum Gasteiger partial charge on any atom is -0.411 e. The molecule has 1 aromatic rings. The van der Waals surface area contributed by atoms with Crippen molar-refractivity contribution in [3.8, 4) is 0 Å². The van der Waals surface area contributed by atoms with Crippen molar-refractivity contribution in [2.75, 3.05) is 11.4 Å². The summed E-state index contributed by atoms with van der Waals surface area (Å²) in [6, 6.07) is 4.14. The highest BCUT2D eigenvalue weighted by Crippen LogP contribution is 2.28. The molecule has 0 radical (unpaired) electrons. The summed E-state index contributed by atoms with van der Waals surface area (Å²) < 4.78 is 13.2. The van der Waals surface area contributed by atoms with Crippen molar-refractivity contribution in [1.82, 2.24) is 0 Å². The molecule has 1 N–H and O–H groups in total. The van der Waals surface area contributed by atoms with Crippen molar-refractivity contribution < 1.29 is 14.4 Å². The molecule has 0 saturated heterocycles. The zero-order chi connectivity index (χ0) is 12.4. The lowest BCUT2D eigenvalue weighted by Crippen LogP contribution is -2.37. The van der Waals surface area contributed by atoms with Crippen LogP contribution >= 0.6 is 0 Å². The van der Waals surface area contributed by atoms with E-state index in [4.69, 9.17) is 5.21 Å². The number of halogens is 1. The van der Waals surface area contributed by atoms with Crippen molar-refractivity contribution in [1.29, 1.82) is 0 Å². The molecular weight excluding hydrogens is 223 g/mol. The summed E-state index contributed by atoms with van der Waals surface area (Å²) in [6.45, 7) is 2.24. The first kappa shape index (κ1) is 11.6. The number of benzene rings is 1. The lowest BCUT2D eigenvalue weighted by molar-refractivity contribution is -0.118. The lowest BCUT2D eigenvalue weighted by atomic mass is 9.99. The molecule has 17 heavy (non-hydrogen) atoms. The van der Waals surface area contributed by atoms with E-state index in [1.54, 1.807) is 17.9 Å². The topological polar surface area (TPSA) is 52.9 Å². The number of anilines is 1. The minimum absolute atomic E-state index is 0.0187. The van der Waals surface area contributed by atoms with Gasteiger partial charge in [-0.3, -0.25) is 4.79 Å². The number of hydrogen-bond donors (Lipinski definition) is 1. The van der Waals surface area contributed by atoms with Gasteiger partial charge in [-0.2, -0.15) is 0 Å². The van der Waals surface area contributed by atoms with Crippen LogP contribution in [0.5, 0.6) is 0 Å². The van der Waals surface area contributed by atoms with Gasteiger partial charge < -0.3 is 10.1 Å². The fourth-order valence-electron chi connectivity index (χ4n) is 2.00. The summed E-state index contributed by atoms with van der Waals surface area (Å²) in [5.41, 5.74) is 1.51. The second-order valence-electron chi connectivity index (χ2n) is 3.86. The first-order valence-corrected chi connectivity index (χ1v) is 5.48. The average Bonchev–Trinajstić information content (AvgIpc) is 2.36. The molecule has 0 atom stereocenters. The van der Waals surface area contributed by atoms with Gasteiger partial charge in [0.1, 0.15) is 5.82 Å². The standard InChI is InChI=1S/C12H13FN2O2/c1-2-12(16)15-6-5-10(14-17)9-7-8(13)3-4-11(9)15/h3-4,7,17H,2,5-6H2,1H3. The van der Waals surface area contributed by atoms with Crippen LogP contribution in [0.25, 0.3) is 0 Å². The molecule has 1 aliphatic heterocycles. The molecule has 2 rings (SSSR count). The number of nitrogens with zero attached hydrogens (tertiary/aromatic N) is 2. The predicted molar refractivity (Wildman–Crippen MR) is 62.0 cm³/mol. The second-order valence-corrected chi connectivity index (χ2v) is 3.86. The van der Waals surface area contributed by atoms with Crippen molar-refractivity contribution >= 4 is 17.3 Å². The molecule has 0 bridgehead atoms. The fraction of sp³-hybridized carbons (Fsp3) is 0.333. The number of carbonyl (C=O) groups excluding carboxylic acids is 1. The quantitative estimate of drug-likeness (QED) is 0.600. The molecule has 5 heteroatoms. The summed E-state index contributed by atoms with van der Waals surface area (Å²) in [5.74, 6) is -0.425. The van der Waals surface area contributed by atoms with E-state index >= 15 is 0 Å². The molecule has 90 valence electrons. The predicted octanol–water partition coefficient (Wildman–Crippen LogP) is 2.15. The Balaban J connectivity index is 2.51. The monoisotopic (exact) mass is 236 g/mol. The smallest absolute Gasteiger partial charge is 0.226 e. The summed E-state index contributed by atoms with van der Waals surface area (Å²) in [5, 5.41) is 12.0. The fourth-order valence-corrected chi connectivity index (χ4v) is 2.00. The molecule has 4 nitrogen and oxygen atoms in total. The summed E-state index contributed by atoms with van der Waals surface area (Å²) in [6.07, 6.45) is 0.821. The van der Waals surface area contributed by atoms with Gasteiger partial charge in [0.05, 0.1) is 11.4 Å². The maximum absolute atomic E-state index is 13.2. The van der Waals surface area contributed by atoms with E-state index < -0.39 is 5.82 Å². The van der Waals surface area contributed by atoms with E-state index in [1.165, 1.54) is 12.1 Å². The van der Waals surface area contributed by atoms with Gasteiger partial charge in [0.2, 0.25) is 5.91 Å². The van der Waals surface area contributed by atoms with Crippen LogP contribution in [-0.2, 0) is 4.79 Å². The van der Waals surface area contributed by atoms with Gasteiger partial charge in [-0.05, 0) is 18.2 Å². The first-order chi connectivity index (χ1) is 8.17. The summed E-state index contributed by atoms with van der Waals surface area (Å²) >= 11 is 0. The number of rotatable bonds is 1. The number of fused-ring (bicyclic) bond motifs is 1. The molecule has 1 heterocycles. The highest BCUT2D eigenvalue weighted by molar-refractivity contribution is 6.11. The van der Waals surface area contributed by atoms with Gasteiger partial charge in [-0.1, -0.05) is 12.1 Å². The molecule has 0 aliphatic carbocycles. The third kappa shape index (κ3) is 2.00. The van der Waals surface area contributed by atoms with Crippen LogP contribution in [0.4, 0.5) is 10.1 Å². The van der Waals surface area contributed by atoms with Crippen LogP contribution in [0.15, 0.2) is 23.4 Å². The van der Waals surface area contributed by atoms with Crippen LogP contribution in [-0.4, -0.2) is 23.4 Å². The maximum atomic E-state index is 13.2. The molecule has 1 amide bonds. The number of hydrogen-bond acceptors (Lipinski definition) is 3. The zero-order valence-corrected chi connectivity index (χ0v) is 9.48. The molecule has 0 fully saturated rings. The Bertz CT molecular complexity index is 485. The number of amides is 1. The third-order valence-corrected chi connectivity index (χ3v) is 2.86. The Morgan fingerprint density at radius 3 is 3.00 bits per heavy atom.